The highest BCUT2D eigenvalue weighted by Crippen LogP contribution is 2.21. The van der Waals surface area contributed by atoms with Gasteiger partial charge in [0.1, 0.15) is 5.75 Å². The normalized spacial score (nSPS) is 10.9. The van der Waals surface area contributed by atoms with E-state index in [0.717, 1.165) is 5.75 Å². The Kier molecular flexibility index (Phi) is 4.68. The molecule has 0 aliphatic carbocycles. The number of hydrogen-bond donors (Lipinski definition) is 1. The van der Waals surface area contributed by atoms with Crippen LogP contribution in [0.3, 0.4) is 0 Å². The lowest BCUT2D eigenvalue weighted by Crippen LogP contribution is -1.99. The molecule has 1 aromatic heterocycles. The summed E-state index contributed by atoms with van der Waals surface area (Å²) in [7, 11) is 0. The second kappa shape index (κ2) is 6.47. The van der Waals surface area contributed by atoms with Crippen LogP contribution in [0.1, 0.15) is 25.6 Å². The maximum atomic E-state index is 5.78. The van der Waals surface area contributed by atoms with Crippen molar-refractivity contribution in [2.45, 2.75) is 31.5 Å². The highest BCUT2D eigenvalue weighted by atomic mass is 32.2. The fraction of sp³-hybridized carbons (Fsp3) is 0.385. The number of benzene rings is 1. The fourth-order valence-corrected chi connectivity index (χ4v) is 2.00. The van der Waals surface area contributed by atoms with E-state index in [1.54, 1.807) is 23.9 Å². The van der Waals surface area contributed by atoms with Crippen molar-refractivity contribution in [2.75, 3.05) is 5.73 Å². The quantitative estimate of drug-likeness (QED) is 0.820. The van der Waals surface area contributed by atoms with Crippen molar-refractivity contribution in [3.05, 3.63) is 36.0 Å². The summed E-state index contributed by atoms with van der Waals surface area (Å²) in [5, 5.41) is 4.45. The zero-order valence-electron chi connectivity index (χ0n) is 11.0. The Balaban J connectivity index is 1.88. The van der Waals surface area contributed by atoms with Crippen LogP contribution in [0, 0.1) is 0 Å². The molecule has 0 radical (unpaired) electrons. The summed E-state index contributed by atoms with van der Waals surface area (Å²) in [5.74, 6) is 2.52. The molecule has 0 aliphatic heterocycles. The van der Waals surface area contributed by atoms with Crippen LogP contribution < -0.4 is 10.5 Å². The Bertz CT molecular complexity index is 528. The molecule has 2 rings (SSSR count). The van der Waals surface area contributed by atoms with E-state index in [1.165, 1.54) is 0 Å². The molecule has 19 heavy (non-hydrogen) atoms. The number of aromatic nitrogens is 2. The van der Waals surface area contributed by atoms with Crippen LogP contribution in [0.25, 0.3) is 0 Å². The first-order valence-corrected chi connectivity index (χ1v) is 7.10. The van der Waals surface area contributed by atoms with Crippen LogP contribution >= 0.6 is 11.8 Å². The van der Waals surface area contributed by atoms with E-state index in [-0.39, 0.29) is 6.61 Å². The molecular weight excluding hydrogens is 262 g/mol. The number of anilines is 1. The van der Waals surface area contributed by atoms with Crippen LogP contribution in [0.5, 0.6) is 5.75 Å². The Morgan fingerprint density at radius 3 is 2.89 bits per heavy atom. The molecule has 0 aliphatic rings. The van der Waals surface area contributed by atoms with Gasteiger partial charge in [0.15, 0.2) is 12.4 Å². The maximum Gasteiger partial charge on any atom is 0.264 e. The van der Waals surface area contributed by atoms with Crippen molar-refractivity contribution in [2.24, 2.45) is 0 Å². The van der Waals surface area contributed by atoms with Gasteiger partial charge in [-0.1, -0.05) is 31.1 Å². The fourth-order valence-electron chi connectivity index (χ4n) is 1.40. The van der Waals surface area contributed by atoms with Crippen molar-refractivity contribution in [1.29, 1.82) is 0 Å². The summed E-state index contributed by atoms with van der Waals surface area (Å²) in [5.41, 5.74) is 6.37. The van der Waals surface area contributed by atoms with Gasteiger partial charge in [0.25, 0.3) is 5.89 Å². The average Bonchev–Trinajstić information content (AvgIpc) is 2.83. The summed E-state index contributed by atoms with van der Waals surface area (Å²) in [6.45, 7) is 4.49. The van der Waals surface area contributed by atoms with E-state index in [9.17, 15) is 0 Å². The molecule has 0 fully saturated rings. The number of para-hydroxylation sites is 2. The second-order valence-electron chi connectivity index (χ2n) is 4.29. The second-order valence-corrected chi connectivity index (χ2v) is 5.86. The van der Waals surface area contributed by atoms with Gasteiger partial charge in [0.05, 0.1) is 11.4 Å². The molecule has 0 amide bonds. The standard InChI is InChI=1S/C13H17N3O2S/c1-9(2)19-8-12-15-13(18-16-12)7-17-11-6-4-3-5-10(11)14/h3-6,9H,7-8,14H2,1-2H3. The summed E-state index contributed by atoms with van der Waals surface area (Å²) >= 11 is 1.77. The van der Waals surface area contributed by atoms with Crippen molar-refractivity contribution < 1.29 is 9.26 Å². The van der Waals surface area contributed by atoms with E-state index in [1.807, 2.05) is 12.1 Å². The molecule has 6 heteroatoms. The van der Waals surface area contributed by atoms with Crippen LogP contribution in [0.4, 0.5) is 5.69 Å². The molecule has 5 nitrogen and oxygen atoms in total. The van der Waals surface area contributed by atoms with Crippen LogP contribution in [-0.2, 0) is 12.4 Å². The van der Waals surface area contributed by atoms with Gasteiger partial charge in [-0.3, -0.25) is 0 Å². The molecular formula is C13H17N3O2S. The molecule has 0 unspecified atom stereocenters. The lowest BCUT2D eigenvalue weighted by Gasteiger charge is -2.05. The highest BCUT2D eigenvalue weighted by molar-refractivity contribution is 7.99. The maximum absolute atomic E-state index is 5.78. The lowest BCUT2D eigenvalue weighted by atomic mass is 10.3. The Morgan fingerprint density at radius 1 is 1.37 bits per heavy atom. The minimum atomic E-state index is 0.230. The first-order chi connectivity index (χ1) is 9.15. The van der Waals surface area contributed by atoms with E-state index in [0.29, 0.717) is 28.4 Å². The summed E-state index contributed by atoms with van der Waals surface area (Å²) < 4.78 is 10.7. The molecule has 0 atom stereocenters. The molecule has 102 valence electrons. The number of nitrogens with two attached hydrogens (primary N) is 1. The van der Waals surface area contributed by atoms with Crippen molar-refractivity contribution in [3.63, 3.8) is 0 Å². The molecule has 0 saturated carbocycles. The van der Waals surface area contributed by atoms with E-state index in [4.69, 9.17) is 15.0 Å². The van der Waals surface area contributed by atoms with Crippen LogP contribution in [-0.4, -0.2) is 15.4 Å². The van der Waals surface area contributed by atoms with E-state index >= 15 is 0 Å². The van der Waals surface area contributed by atoms with Crippen molar-refractivity contribution in [1.82, 2.24) is 10.1 Å². The topological polar surface area (TPSA) is 74.2 Å². The molecule has 1 heterocycles. The molecule has 0 saturated heterocycles. The van der Waals surface area contributed by atoms with Crippen molar-refractivity contribution in [3.8, 4) is 5.75 Å². The smallest absolute Gasteiger partial charge is 0.264 e. The van der Waals surface area contributed by atoms with Crippen molar-refractivity contribution >= 4 is 17.4 Å². The number of hydrogen-bond acceptors (Lipinski definition) is 6. The Hall–Kier alpha value is -1.69. The average molecular weight is 279 g/mol. The minimum absolute atomic E-state index is 0.230. The summed E-state index contributed by atoms with van der Waals surface area (Å²) in [4.78, 5) is 4.26. The number of nitrogens with zero attached hydrogens (tertiary/aromatic N) is 2. The van der Waals surface area contributed by atoms with Gasteiger partial charge < -0.3 is 15.0 Å². The van der Waals surface area contributed by atoms with E-state index in [2.05, 4.69) is 24.0 Å². The Labute approximate surface area is 116 Å². The number of rotatable bonds is 6. The summed E-state index contributed by atoms with van der Waals surface area (Å²) in [6, 6.07) is 7.31. The first-order valence-electron chi connectivity index (χ1n) is 6.05. The van der Waals surface area contributed by atoms with Gasteiger partial charge in [-0.2, -0.15) is 16.7 Å². The molecule has 2 N–H and O–H groups in total. The molecule has 0 bridgehead atoms. The van der Waals surface area contributed by atoms with E-state index < -0.39 is 0 Å². The number of ether oxygens (including phenoxy) is 1. The molecule has 0 spiro atoms. The van der Waals surface area contributed by atoms with Gasteiger partial charge in [-0.25, -0.2) is 0 Å². The molecule has 1 aromatic carbocycles. The monoisotopic (exact) mass is 279 g/mol. The third-order valence-corrected chi connectivity index (χ3v) is 3.42. The van der Waals surface area contributed by atoms with Gasteiger partial charge in [-0.05, 0) is 17.4 Å². The molecule has 2 aromatic rings. The zero-order chi connectivity index (χ0) is 13.7. The SMILES string of the molecule is CC(C)SCc1noc(COc2ccccc2N)n1. The zero-order valence-corrected chi connectivity index (χ0v) is 11.8. The summed E-state index contributed by atoms with van der Waals surface area (Å²) in [6.07, 6.45) is 0. The third-order valence-electron chi connectivity index (χ3n) is 2.33. The van der Waals surface area contributed by atoms with Crippen LogP contribution in [0.2, 0.25) is 0 Å². The van der Waals surface area contributed by atoms with Crippen LogP contribution in [0.15, 0.2) is 28.8 Å². The van der Waals surface area contributed by atoms with Gasteiger partial charge in [0, 0.05) is 0 Å². The predicted octanol–water partition coefficient (Wildman–Crippen LogP) is 2.87. The van der Waals surface area contributed by atoms with Gasteiger partial charge in [0.2, 0.25) is 0 Å². The highest BCUT2D eigenvalue weighted by Gasteiger charge is 2.08. The Morgan fingerprint density at radius 2 is 2.16 bits per heavy atom. The predicted molar refractivity (Wildman–Crippen MR) is 75.9 cm³/mol. The number of thioether (sulfide) groups is 1. The third kappa shape index (κ3) is 4.17. The van der Waals surface area contributed by atoms with Gasteiger partial charge in [-0.15, -0.1) is 0 Å². The lowest BCUT2D eigenvalue weighted by molar-refractivity contribution is 0.243. The first kappa shape index (κ1) is 13.7. The largest absolute Gasteiger partial charge is 0.482 e. The van der Waals surface area contributed by atoms with Gasteiger partial charge >= 0.3 is 0 Å². The number of nitrogen functional groups attached to an aromatic ring is 1. The minimum Gasteiger partial charge on any atom is -0.482 e.